The molecule has 0 aromatic heterocycles. The smallest absolute Gasteiger partial charge is 0.417 e. The van der Waals surface area contributed by atoms with Crippen LogP contribution in [-0.2, 0) is 10.9 Å². The lowest BCUT2D eigenvalue weighted by Gasteiger charge is -2.14. The Morgan fingerprint density at radius 2 is 1.94 bits per heavy atom. The second-order valence-corrected chi connectivity index (χ2v) is 3.87. The monoisotopic (exact) mass is 260 g/mol. The molecule has 0 N–H and O–H groups in total. The van der Waals surface area contributed by atoms with E-state index in [-0.39, 0.29) is 5.56 Å². The van der Waals surface area contributed by atoms with Crippen molar-refractivity contribution in [2.75, 3.05) is 0 Å². The van der Waals surface area contributed by atoms with Gasteiger partial charge in [-0.1, -0.05) is 6.07 Å². The van der Waals surface area contributed by atoms with Gasteiger partial charge in [-0.25, -0.2) is 4.79 Å². The first-order valence-electron chi connectivity index (χ1n) is 5.13. The van der Waals surface area contributed by atoms with Crippen LogP contribution < -0.4 is 0 Å². The second kappa shape index (κ2) is 5.20. The number of aldehydes is 1. The zero-order valence-corrected chi connectivity index (χ0v) is 9.75. The van der Waals surface area contributed by atoms with E-state index in [2.05, 4.69) is 0 Å². The maximum Gasteiger partial charge on any atom is 0.417 e. The van der Waals surface area contributed by atoms with Gasteiger partial charge in [0.05, 0.1) is 17.2 Å². The molecule has 0 unspecified atom stereocenters. The summed E-state index contributed by atoms with van der Waals surface area (Å²) >= 11 is 0. The van der Waals surface area contributed by atoms with Gasteiger partial charge in [-0.2, -0.15) is 13.2 Å². The Hall–Kier alpha value is -1.85. The summed E-state index contributed by atoms with van der Waals surface area (Å²) in [5, 5.41) is 0. The van der Waals surface area contributed by atoms with E-state index in [1.165, 1.54) is 13.8 Å². The van der Waals surface area contributed by atoms with E-state index >= 15 is 0 Å². The lowest BCUT2D eigenvalue weighted by Crippen LogP contribution is -2.18. The number of carbonyl (C=O) groups is 2. The summed E-state index contributed by atoms with van der Waals surface area (Å²) in [6, 6.07) is 2.57. The fourth-order valence-corrected chi connectivity index (χ4v) is 1.33. The minimum atomic E-state index is -4.67. The number of esters is 1. The van der Waals surface area contributed by atoms with Crippen LogP contribution in [0.2, 0.25) is 0 Å². The minimum Gasteiger partial charge on any atom is -0.459 e. The number of hydrogen-bond donors (Lipinski definition) is 0. The highest BCUT2D eigenvalue weighted by molar-refractivity contribution is 5.93. The van der Waals surface area contributed by atoms with Gasteiger partial charge in [0.1, 0.15) is 6.29 Å². The maximum atomic E-state index is 12.7. The molecule has 3 nitrogen and oxygen atoms in total. The van der Waals surface area contributed by atoms with Gasteiger partial charge in [0.25, 0.3) is 0 Å². The highest BCUT2D eigenvalue weighted by Crippen LogP contribution is 2.32. The van der Waals surface area contributed by atoms with E-state index in [0.29, 0.717) is 12.4 Å². The molecule has 0 heterocycles. The van der Waals surface area contributed by atoms with Gasteiger partial charge in [-0.05, 0) is 26.0 Å². The molecule has 0 fully saturated rings. The Balaban J connectivity index is 3.28. The van der Waals surface area contributed by atoms with E-state index in [9.17, 15) is 22.8 Å². The number of ether oxygens (including phenoxy) is 1. The molecule has 98 valence electrons. The standard InChI is InChI=1S/C12H11F3O3/c1-7(2)18-11(17)9-5-8(6-16)3-4-10(9)12(13,14)15/h3-7H,1-2H3. The summed E-state index contributed by atoms with van der Waals surface area (Å²) in [5.74, 6) is -1.10. The van der Waals surface area contributed by atoms with Gasteiger partial charge in [-0.3, -0.25) is 4.79 Å². The Kier molecular flexibility index (Phi) is 4.11. The molecule has 0 atom stereocenters. The quantitative estimate of drug-likeness (QED) is 0.619. The first kappa shape index (κ1) is 14.2. The predicted octanol–water partition coefficient (Wildman–Crippen LogP) is 3.08. The summed E-state index contributed by atoms with van der Waals surface area (Å²) < 4.78 is 42.8. The lowest BCUT2D eigenvalue weighted by molar-refractivity contribution is -0.138. The first-order valence-corrected chi connectivity index (χ1v) is 5.13. The number of rotatable bonds is 3. The molecule has 6 heteroatoms. The van der Waals surface area contributed by atoms with Crippen molar-refractivity contribution in [1.82, 2.24) is 0 Å². The summed E-state index contributed by atoms with van der Waals surface area (Å²) in [7, 11) is 0. The van der Waals surface area contributed by atoms with Gasteiger partial charge < -0.3 is 4.74 Å². The fraction of sp³-hybridized carbons (Fsp3) is 0.333. The number of hydrogen-bond acceptors (Lipinski definition) is 3. The number of halogens is 3. The average Bonchev–Trinajstić information content (AvgIpc) is 2.26. The van der Waals surface area contributed by atoms with Crippen LogP contribution in [0.5, 0.6) is 0 Å². The van der Waals surface area contributed by atoms with Crippen LogP contribution in [-0.4, -0.2) is 18.4 Å². The van der Waals surface area contributed by atoms with Crippen LogP contribution in [0.15, 0.2) is 18.2 Å². The minimum absolute atomic E-state index is 0.0151. The lowest BCUT2D eigenvalue weighted by atomic mass is 10.0. The molecule has 0 bridgehead atoms. The number of carbonyl (C=O) groups excluding carboxylic acids is 2. The van der Waals surface area contributed by atoms with Crippen molar-refractivity contribution < 1.29 is 27.5 Å². The third-order valence-electron chi connectivity index (χ3n) is 2.05. The van der Waals surface area contributed by atoms with Gasteiger partial charge in [-0.15, -0.1) is 0 Å². The van der Waals surface area contributed by atoms with Crippen LogP contribution in [0.3, 0.4) is 0 Å². The zero-order valence-electron chi connectivity index (χ0n) is 9.75. The number of alkyl halides is 3. The van der Waals surface area contributed by atoms with E-state index in [0.717, 1.165) is 12.1 Å². The molecule has 1 aromatic carbocycles. The number of benzene rings is 1. The summed E-state index contributed by atoms with van der Waals surface area (Å²) in [4.78, 5) is 22.1. The van der Waals surface area contributed by atoms with Crippen molar-refractivity contribution >= 4 is 12.3 Å². The molecule has 0 spiro atoms. The SMILES string of the molecule is CC(C)OC(=O)c1cc(C=O)ccc1C(F)(F)F. The summed E-state index contributed by atoms with van der Waals surface area (Å²) in [5.41, 5.74) is -1.78. The van der Waals surface area contributed by atoms with Crippen LogP contribution in [0.1, 0.15) is 40.1 Å². The predicted molar refractivity (Wildman–Crippen MR) is 57.4 cm³/mol. The molecule has 0 radical (unpaired) electrons. The zero-order chi connectivity index (χ0) is 13.9. The van der Waals surface area contributed by atoms with Crippen LogP contribution in [0.4, 0.5) is 13.2 Å². The highest BCUT2D eigenvalue weighted by atomic mass is 19.4. The Labute approximate surface area is 102 Å². The molecular weight excluding hydrogens is 249 g/mol. The van der Waals surface area contributed by atoms with E-state index in [1.807, 2.05) is 0 Å². The van der Waals surface area contributed by atoms with Crippen molar-refractivity contribution in [2.24, 2.45) is 0 Å². The topological polar surface area (TPSA) is 43.4 Å². The maximum absolute atomic E-state index is 12.7. The molecule has 0 saturated carbocycles. The Morgan fingerprint density at radius 3 is 2.39 bits per heavy atom. The second-order valence-electron chi connectivity index (χ2n) is 3.87. The van der Waals surface area contributed by atoms with Gasteiger partial charge in [0.2, 0.25) is 0 Å². The Morgan fingerprint density at radius 1 is 1.33 bits per heavy atom. The molecule has 0 aliphatic rings. The van der Waals surface area contributed by atoms with Crippen molar-refractivity contribution in [2.45, 2.75) is 26.1 Å². The third-order valence-corrected chi connectivity index (χ3v) is 2.05. The van der Waals surface area contributed by atoms with E-state index < -0.39 is 29.4 Å². The highest BCUT2D eigenvalue weighted by Gasteiger charge is 2.35. The van der Waals surface area contributed by atoms with E-state index in [4.69, 9.17) is 4.74 Å². The van der Waals surface area contributed by atoms with Crippen molar-refractivity contribution in [3.8, 4) is 0 Å². The first-order chi connectivity index (χ1) is 8.25. The summed E-state index contributed by atoms with van der Waals surface area (Å²) in [6.07, 6.45) is -4.85. The third kappa shape index (κ3) is 3.32. The van der Waals surface area contributed by atoms with Crippen LogP contribution >= 0.6 is 0 Å². The van der Waals surface area contributed by atoms with Crippen molar-refractivity contribution in [3.05, 3.63) is 34.9 Å². The van der Waals surface area contributed by atoms with Crippen LogP contribution in [0, 0.1) is 0 Å². The molecule has 1 rings (SSSR count). The molecule has 0 aliphatic carbocycles. The van der Waals surface area contributed by atoms with E-state index in [1.54, 1.807) is 0 Å². The molecule has 0 aliphatic heterocycles. The molecule has 1 aromatic rings. The molecule has 0 amide bonds. The van der Waals surface area contributed by atoms with Crippen molar-refractivity contribution in [1.29, 1.82) is 0 Å². The van der Waals surface area contributed by atoms with Gasteiger partial charge in [0, 0.05) is 5.56 Å². The average molecular weight is 260 g/mol. The normalized spacial score (nSPS) is 11.4. The molecule has 18 heavy (non-hydrogen) atoms. The van der Waals surface area contributed by atoms with Crippen LogP contribution in [0.25, 0.3) is 0 Å². The van der Waals surface area contributed by atoms with Crippen molar-refractivity contribution in [3.63, 3.8) is 0 Å². The summed E-state index contributed by atoms with van der Waals surface area (Å²) in [6.45, 7) is 3.05. The fourth-order valence-electron chi connectivity index (χ4n) is 1.33. The largest absolute Gasteiger partial charge is 0.459 e. The molecular formula is C12H11F3O3. The van der Waals surface area contributed by atoms with Gasteiger partial charge >= 0.3 is 12.1 Å². The molecule has 0 saturated heterocycles. The van der Waals surface area contributed by atoms with Gasteiger partial charge in [0.15, 0.2) is 0 Å². The Bertz CT molecular complexity index is 464.